The normalized spacial score (nSPS) is 15.3. The van der Waals surface area contributed by atoms with Gasteiger partial charge in [0, 0.05) is 31.6 Å². The summed E-state index contributed by atoms with van der Waals surface area (Å²) < 4.78 is 0. The van der Waals surface area contributed by atoms with Gasteiger partial charge >= 0.3 is 0 Å². The molecule has 1 fully saturated rings. The average molecular weight is 421 g/mol. The van der Waals surface area contributed by atoms with Crippen molar-refractivity contribution < 1.29 is 15.0 Å². The fourth-order valence-corrected chi connectivity index (χ4v) is 3.99. The molecule has 0 bridgehead atoms. The number of amides is 1. The SMILES string of the molecule is CCCC(O)C(=O)N1CCN(c2nc(-c3ccccc3O)nc3cc(C)ccc23)CC1. The van der Waals surface area contributed by atoms with Crippen LogP contribution in [-0.2, 0) is 4.79 Å². The first-order valence-corrected chi connectivity index (χ1v) is 10.8. The van der Waals surface area contributed by atoms with Crippen LogP contribution in [0, 0.1) is 6.92 Å². The zero-order valence-electron chi connectivity index (χ0n) is 18.0. The summed E-state index contributed by atoms with van der Waals surface area (Å²) >= 11 is 0. The maximum absolute atomic E-state index is 12.5. The van der Waals surface area contributed by atoms with Gasteiger partial charge in [-0.1, -0.05) is 31.5 Å². The highest BCUT2D eigenvalue weighted by molar-refractivity contribution is 5.92. The van der Waals surface area contributed by atoms with Crippen molar-refractivity contribution >= 4 is 22.6 Å². The highest BCUT2D eigenvalue weighted by atomic mass is 16.3. The predicted octanol–water partition coefficient (Wildman–Crippen LogP) is 3.12. The molecule has 0 aliphatic carbocycles. The van der Waals surface area contributed by atoms with E-state index in [4.69, 9.17) is 9.97 Å². The van der Waals surface area contributed by atoms with E-state index in [2.05, 4.69) is 4.90 Å². The molecule has 1 amide bonds. The third kappa shape index (κ3) is 4.32. The molecule has 1 saturated heterocycles. The van der Waals surface area contributed by atoms with Gasteiger partial charge in [0.2, 0.25) is 0 Å². The van der Waals surface area contributed by atoms with Crippen molar-refractivity contribution in [2.45, 2.75) is 32.8 Å². The number of aliphatic hydroxyl groups is 1. The lowest BCUT2D eigenvalue weighted by Crippen LogP contribution is -2.51. The molecular formula is C24H28N4O3. The summed E-state index contributed by atoms with van der Waals surface area (Å²) in [5.74, 6) is 1.22. The fraction of sp³-hybridized carbons (Fsp3) is 0.375. The molecule has 1 aromatic heterocycles. The minimum Gasteiger partial charge on any atom is -0.507 e. The van der Waals surface area contributed by atoms with Crippen LogP contribution >= 0.6 is 0 Å². The molecule has 2 aromatic carbocycles. The molecule has 0 saturated carbocycles. The number of aryl methyl sites for hydroxylation is 1. The van der Waals surface area contributed by atoms with Crippen LogP contribution in [0.4, 0.5) is 5.82 Å². The van der Waals surface area contributed by atoms with Gasteiger partial charge < -0.3 is 20.0 Å². The first-order valence-electron chi connectivity index (χ1n) is 10.8. The number of carbonyl (C=O) groups excluding carboxylic acids is 1. The highest BCUT2D eigenvalue weighted by Gasteiger charge is 2.27. The Bertz CT molecular complexity index is 1090. The number of aromatic hydroxyl groups is 1. The Morgan fingerprint density at radius 3 is 2.55 bits per heavy atom. The van der Waals surface area contributed by atoms with Crippen LogP contribution in [-0.4, -0.2) is 63.3 Å². The first kappa shape index (κ1) is 21.1. The number of fused-ring (bicyclic) bond motifs is 1. The lowest BCUT2D eigenvalue weighted by molar-refractivity contribution is -0.140. The van der Waals surface area contributed by atoms with Gasteiger partial charge in [0.1, 0.15) is 17.7 Å². The number of benzene rings is 2. The van der Waals surface area contributed by atoms with Crippen molar-refractivity contribution in [1.82, 2.24) is 14.9 Å². The Hall–Kier alpha value is -3.19. The van der Waals surface area contributed by atoms with Crippen molar-refractivity contribution in [2.24, 2.45) is 0 Å². The molecule has 0 spiro atoms. The molecule has 7 heteroatoms. The van der Waals surface area contributed by atoms with Crippen LogP contribution in [0.25, 0.3) is 22.3 Å². The Balaban J connectivity index is 1.66. The topological polar surface area (TPSA) is 89.8 Å². The quantitative estimate of drug-likeness (QED) is 0.659. The van der Waals surface area contributed by atoms with Gasteiger partial charge in [-0.05, 0) is 43.2 Å². The number of hydrogen-bond acceptors (Lipinski definition) is 6. The van der Waals surface area contributed by atoms with Crippen molar-refractivity contribution in [2.75, 3.05) is 31.1 Å². The third-order valence-corrected chi connectivity index (χ3v) is 5.72. The molecule has 7 nitrogen and oxygen atoms in total. The van der Waals surface area contributed by atoms with E-state index in [1.165, 1.54) is 0 Å². The number of piperazine rings is 1. The molecule has 0 radical (unpaired) electrons. The van der Waals surface area contributed by atoms with E-state index in [9.17, 15) is 15.0 Å². The molecule has 4 rings (SSSR count). The minimum atomic E-state index is -0.924. The van der Waals surface area contributed by atoms with Gasteiger partial charge in [-0.2, -0.15) is 0 Å². The van der Waals surface area contributed by atoms with E-state index in [0.717, 1.165) is 28.7 Å². The molecule has 2 heterocycles. The van der Waals surface area contributed by atoms with Crippen molar-refractivity contribution in [1.29, 1.82) is 0 Å². The number of para-hydroxylation sites is 1. The smallest absolute Gasteiger partial charge is 0.251 e. The van der Waals surface area contributed by atoms with Crippen LogP contribution in [0.3, 0.4) is 0 Å². The Morgan fingerprint density at radius 1 is 1.10 bits per heavy atom. The van der Waals surface area contributed by atoms with Crippen molar-refractivity contribution in [3.8, 4) is 17.1 Å². The van der Waals surface area contributed by atoms with Gasteiger partial charge in [-0.3, -0.25) is 4.79 Å². The van der Waals surface area contributed by atoms with Gasteiger partial charge in [-0.25, -0.2) is 9.97 Å². The van der Waals surface area contributed by atoms with Gasteiger partial charge in [-0.15, -0.1) is 0 Å². The molecule has 31 heavy (non-hydrogen) atoms. The maximum Gasteiger partial charge on any atom is 0.251 e. The second kappa shape index (κ2) is 8.89. The third-order valence-electron chi connectivity index (χ3n) is 5.72. The summed E-state index contributed by atoms with van der Waals surface area (Å²) in [5, 5.41) is 21.3. The van der Waals surface area contributed by atoms with Crippen LogP contribution < -0.4 is 4.90 Å². The number of aliphatic hydroxyl groups excluding tert-OH is 1. The molecule has 2 N–H and O–H groups in total. The van der Waals surface area contributed by atoms with Crippen LogP contribution in [0.5, 0.6) is 5.75 Å². The molecule has 1 aliphatic heterocycles. The lowest BCUT2D eigenvalue weighted by atomic mass is 10.1. The average Bonchev–Trinajstić information content (AvgIpc) is 2.78. The fourth-order valence-electron chi connectivity index (χ4n) is 3.99. The van der Waals surface area contributed by atoms with E-state index in [0.29, 0.717) is 44.0 Å². The summed E-state index contributed by atoms with van der Waals surface area (Å²) in [6, 6.07) is 13.1. The number of aromatic nitrogens is 2. The number of phenolic OH excluding ortho intramolecular Hbond substituents is 1. The molecule has 1 unspecified atom stereocenters. The molecule has 1 atom stereocenters. The number of anilines is 1. The number of hydrogen-bond donors (Lipinski definition) is 2. The van der Waals surface area contributed by atoms with Crippen molar-refractivity contribution in [3.63, 3.8) is 0 Å². The number of carbonyl (C=O) groups is 1. The number of phenols is 1. The largest absolute Gasteiger partial charge is 0.507 e. The second-order valence-electron chi connectivity index (χ2n) is 8.03. The van der Waals surface area contributed by atoms with E-state index in [1.807, 2.05) is 44.2 Å². The van der Waals surface area contributed by atoms with E-state index < -0.39 is 6.10 Å². The molecule has 162 valence electrons. The van der Waals surface area contributed by atoms with Crippen LogP contribution in [0.1, 0.15) is 25.3 Å². The monoisotopic (exact) mass is 420 g/mol. The predicted molar refractivity (Wildman–Crippen MR) is 121 cm³/mol. The zero-order valence-corrected chi connectivity index (χ0v) is 18.0. The Morgan fingerprint density at radius 2 is 1.84 bits per heavy atom. The van der Waals surface area contributed by atoms with Crippen LogP contribution in [0.15, 0.2) is 42.5 Å². The zero-order chi connectivity index (χ0) is 22.0. The molecular weight excluding hydrogens is 392 g/mol. The highest BCUT2D eigenvalue weighted by Crippen LogP contribution is 2.32. The number of rotatable bonds is 5. The van der Waals surface area contributed by atoms with E-state index in [1.54, 1.807) is 17.0 Å². The summed E-state index contributed by atoms with van der Waals surface area (Å²) in [6.45, 7) is 6.27. The molecule has 3 aromatic rings. The van der Waals surface area contributed by atoms with E-state index >= 15 is 0 Å². The summed E-state index contributed by atoms with van der Waals surface area (Å²) in [5.41, 5.74) is 2.50. The maximum atomic E-state index is 12.5. The molecule has 1 aliphatic rings. The van der Waals surface area contributed by atoms with Gasteiger partial charge in [0.25, 0.3) is 5.91 Å². The standard InChI is InChI=1S/C24H28N4O3/c1-3-6-21(30)24(31)28-13-11-27(12-14-28)23-17-10-9-16(2)15-19(17)25-22(26-23)18-7-4-5-8-20(18)29/h4-5,7-10,15,21,29-30H,3,6,11-14H2,1-2H3. The van der Waals surface area contributed by atoms with E-state index in [-0.39, 0.29) is 11.7 Å². The number of nitrogens with zero attached hydrogens (tertiary/aromatic N) is 4. The van der Waals surface area contributed by atoms with Crippen molar-refractivity contribution in [3.05, 3.63) is 48.0 Å². The summed E-state index contributed by atoms with van der Waals surface area (Å²) in [7, 11) is 0. The second-order valence-corrected chi connectivity index (χ2v) is 8.03. The van der Waals surface area contributed by atoms with Gasteiger partial charge in [0.15, 0.2) is 5.82 Å². The summed E-state index contributed by atoms with van der Waals surface area (Å²) in [4.78, 5) is 25.9. The Labute approximate surface area is 182 Å². The lowest BCUT2D eigenvalue weighted by Gasteiger charge is -2.36. The summed E-state index contributed by atoms with van der Waals surface area (Å²) in [6.07, 6.45) is 0.333. The first-order chi connectivity index (χ1) is 15.0. The minimum absolute atomic E-state index is 0.140. The van der Waals surface area contributed by atoms with Gasteiger partial charge in [0.05, 0.1) is 11.1 Å². The Kier molecular flexibility index (Phi) is 6.04. The van der Waals surface area contributed by atoms with Crippen LogP contribution in [0.2, 0.25) is 0 Å².